The maximum absolute atomic E-state index is 12.8. The lowest BCUT2D eigenvalue weighted by atomic mass is 9.62. The van der Waals surface area contributed by atoms with E-state index in [1.807, 2.05) is 0 Å². The van der Waals surface area contributed by atoms with Crippen LogP contribution >= 0.6 is 0 Å². The first-order valence-electron chi connectivity index (χ1n) is 10.5. The van der Waals surface area contributed by atoms with E-state index >= 15 is 0 Å². The van der Waals surface area contributed by atoms with Crippen molar-refractivity contribution in [1.29, 1.82) is 0 Å². The highest BCUT2D eigenvalue weighted by Crippen LogP contribution is 2.52. The van der Waals surface area contributed by atoms with Crippen LogP contribution in [0.25, 0.3) is 11.3 Å². The van der Waals surface area contributed by atoms with Crippen LogP contribution in [0.4, 0.5) is 0 Å². The van der Waals surface area contributed by atoms with Crippen LogP contribution in [-0.4, -0.2) is 50.2 Å². The normalized spacial score (nSPS) is 30.9. The molecule has 2 aromatic heterocycles. The van der Waals surface area contributed by atoms with Gasteiger partial charge in [-0.25, -0.2) is 4.79 Å². The minimum atomic E-state index is -1.43. The summed E-state index contributed by atoms with van der Waals surface area (Å²) in [5, 5.41) is 33.0. The van der Waals surface area contributed by atoms with Gasteiger partial charge in [-0.2, -0.15) is 0 Å². The molecule has 4 rings (SSSR count). The summed E-state index contributed by atoms with van der Waals surface area (Å²) in [7, 11) is 0. The molecule has 0 unspecified atom stereocenters. The highest BCUT2D eigenvalue weighted by Gasteiger charge is 2.58. The van der Waals surface area contributed by atoms with Crippen LogP contribution in [0.5, 0.6) is 5.75 Å². The molecule has 0 bridgehead atoms. The smallest absolute Gasteiger partial charge is 0.345 e. The molecule has 172 valence electrons. The zero-order chi connectivity index (χ0) is 23.3. The number of hydrogen-bond acceptors (Lipinski definition) is 9. The molecule has 3 N–H and O–H groups in total. The summed E-state index contributed by atoms with van der Waals surface area (Å²) >= 11 is 0. The summed E-state index contributed by atoms with van der Waals surface area (Å²) < 4.78 is 16.6. The molecule has 0 radical (unpaired) electrons. The van der Waals surface area contributed by atoms with Crippen molar-refractivity contribution in [3.05, 3.63) is 46.6 Å². The number of aromatic nitrogens is 1. The van der Waals surface area contributed by atoms with Crippen molar-refractivity contribution >= 4 is 5.97 Å². The van der Waals surface area contributed by atoms with Crippen LogP contribution in [0.15, 0.2) is 39.8 Å². The lowest BCUT2D eigenvalue weighted by Crippen LogP contribution is -2.62. The van der Waals surface area contributed by atoms with Gasteiger partial charge >= 0.3 is 11.6 Å². The Kier molecular flexibility index (Phi) is 5.60. The van der Waals surface area contributed by atoms with Crippen molar-refractivity contribution in [1.82, 2.24) is 4.98 Å². The molecule has 0 aromatic carbocycles. The van der Waals surface area contributed by atoms with E-state index in [4.69, 9.17) is 13.9 Å². The van der Waals surface area contributed by atoms with Crippen molar-refractivity contribution in [3.8, 4) is 17.1 Å². The monoisotopic (exact) mass is 445 g/mol. The van der Waals surface area contributed by atoms with Gasteiger partial charge < -0.3 is 29.2 Å². The highest BCUT2D eigenvalue weighted by molar-refractivity contribution is 5.66. The molecule has 1 aliphatic heterocycles. The molecule has 9 nitrogen and oxygen atoms in total. The van der Waals surface area contributed by atoms with Gasteiger partial charge in [0.1, 0.15) is 29.3 Å². The molecule has 1 saturated carbocycles. The van der Waals surface area contributed by atoms with Gasteiger partial charge in [-0.05, 0) is 44.7 Å². The molecule has 32 heavy (non-hydrogen) atoms. The first-order chi connectivity index (χ1) is 15.0. The van der Waals surface area contributed by atoms with Crippen LogP contribution in [0.2, 0.25) is 0 Å². The summed E-state index contributed by atoms with van der Waals surface area (Å²) in [5.41, 5.74) is -2.81. The van der Waals surface area contributed by atoms with E-state index in [0.29, 0.717) is 5.56 Å². The number of pyridine rings is 1. The van der Waals surface area contributed by atoms with Gasteiger partial charge in [-0.3, -0.25) is 9.78 Å². The highest BCUT2D eigenvalue weighted by atomic mass is 16.5. The Morgan fingerprint density at radius 1 is 1.38 bits per heavy atom. The number of aliphatic hydroxyl groups excluding tert-OH is 2. The van der Waals surface area contributed by atoms with E-state index in [-0.39, 0.29) is 36.5 Å². The fraction of sp³-hybridized carbons (Fsp3) is 0.522. The van der Waals surface area contributed by atoms with Crippen LogP contribution in [-0.2, 0) is 9.53 Å². The maximum atomic E-state index is 12.8. The SMILES string of the molecule is CC(=O)OC[C@](C)(O)[C@H]1C[C@@H](O)[C@]2(C)Oc3cc(-c4cccnc4)oc(=O)c3[C@H](O)[C@H]2C1. The van der Waals surface area contributed by atoms with Crippen LogP contribution in [0.1, 0.15) is 45.3 Å². The average molecular weight is 445 g/mol. The molecule has 0 spiro atoms. The molecule has 1 aliphatic carbocycles. The van der Waals surface area contributed by atoms with Crippen molar-refractivity contribution in [3.63, 3.8) is 0 Å². The minimum absolute atomic E-state index is 0.0207. The van der Waals surface area contributed by atoms with Gasteiger partial charge in [0, 0.05) is 36.9 Å². The van der Waals surface area contributed by atoms with Crippen molar-refractivity contribution < 1.29 is 34.0 Å². The third-order valence-corrected chi connectivity index (χ3v) is 6.79. The molecular weight excluding hydrogens is 418 g/mol. The Morgan fingerprint density at radius 2 is 2.12 bits per heavy atom. The van der Waals surface area contributed by atoms with Gasteiger partial charge in [0.05, 0.1) is 17.8 Å². The van der Waals surface area contributed by atoms with Gasteiger partial charge in [-0.15, -0.1) is 0 Å². The predicted molar refractivity (Wildman–Crippen MR) is 112 cm³/mol. The van der Waals surface area contributed by atoms with Crippen molar-refractivity contribution in [2.75, 3.05) is 6.61 Å². The zero-order valence-corrected chi connectivity index (χ0v) is 18.1. The Morgan fingerprint density at radius 3 is 2.78 bits per heavy atom. The summed E-state index contributed by atoms with van der Waals surface area (Å²) in [6.07, 6.45) is 1.22. The van der Waals surface area contributed by atoms with E-state index in [0.717, 1.165) is 0 Å². The topological polar surface area (TPSA) is 139 Å². The standard InChI is InChI=1S/C23H27NO8/c1-12(25)30-11-22(2,29)14-7-15-20(27)19-17(32-23(15,3)18(26)8-14)9-16(31-21(19)28)13-5-4-6-24-10-13/h4-6,9-10,14-15,18,20,26-27,29H,7-8,11H2,1-3H3/t14-,15-,18-,20-,22+,23-/m1/s1. The van der Waals surface area contributed by atoms with E-state index in [1.165, 1.54) is 19.9 Å². The molecule has 2 aromatic rings. The minimum Gasteiger partial charge on any atom is -0.484 e. The number of ether oxygens (including phenoxy) is 2. The lowest BCUT2D eigenvalue weighted by Gasteiger charge is -2.53. The fourth-order valence-corrected chi connectivity index (χ4v) is 4.77. The Bertz CT molecular complexity index is 1070. The summed E-state index contributed by atoms with van der Waals surface area (Å²) in [6, 6.07) is 4.95. The quantitative estimate of drug-likeness (QED) is 0.599. The third kappa shape index (κ3) is 3.80. The summed E-state index contributed by atoms with van der Waals surface area (Å²) in [6.45, 7) is 4.21. The first kappa shape index (κ1) is 22.4. The van der Waals surface area contributed by atoms with Crippen LogP contribution < -0.4 is 10.4 Å². The number of nitrogens with zero attached hydrogens (tertiary/aromatic N) is 1. The van der Waals surface area contributed by atoms with E-state index < -0.39 is 46.8 Å². The molecule has 6 atom stereocenters. The Labute approximate surface area is 184 Å². The lowest BCUT2D eigenvalue weighted by molar-refractivity contribution is -0.193. The molecule has 1 fully saturated rings. The summed E-state index contributed by atoms with van der Waals surface area (Å²) in [4.78, 5) is 28.0. The average Bonchev–Trinajstić information content (AvgIpc) is 2.73. The number of carbonyl (C=O) groups excluding carboxylic acids is 1. The van der Waals surface area contributed by atoms with E-state index in [9.17, 15) is 24.9 Å². The second kappa shape index (κ2) is 7.99. The van der Waals surface area contributed by atoms with Gasteiger partial charge in [0.2, 0.25) is 0 Å². The molecule has 0 saturated heterocycles. The largest absolute Gasteiger partial charge is 0.484 e. The Balaban J connectivity index is 1.69. The van der Waals surface area contributed by atoms with Gasteiger partial charge in [0.15, 0.2) is 0 Å². The van der Waals surface area contributed by atoms with Crippen LogP contribution in [0, 0.1) is 11.8 Å². The second-order valence-corrected chi connectivity index (χ2v) is 9.08. The van der Waals surface area contributed by atoms with Crippen molar-refractivity contribution in [2.45, 2.75) is 57.0 Å². The Hall–Kier alpha value is -2.75. The molecule has 3 heterocycles. The molecular formula is C23H27NO8. The summed E-state index contributed by atoms with van der Waals surface area (Å²) in [5.74, 6) is -1.33. The maximum Gasteiger partial charge on any atom is 0.345 e. The van der Waals surface area contributed by atoms with Gasteiger partial charge in [-0.1, -0.05) is 0 Å². The van der Waals surface area contributed by atoms with E-state index in [1.54, 1.807) is 31.5 Å². The second-order valence-electron chi connectivity index (χ2n) is 9.08. The van der Waals surface area contributed by atoms with Crippen molar-refractivity contribution in [2.24, 2.45) is 11.8 Å². The molecule has 9 heteroatoms. The van der Waals surface area contributed by atoms with E-state index in [2.05, 4.69) is 4.98 Å². The number of fused-ring (bicyclic) bond motifs is 2. The molecule has 0 amide bonds. The fourth-order valence-electron chi connectivity index (χ4n) is 4.77. The number of esters is 1. The third-order valence-electron chi connectivity index (χ3n) is 6.79. The zero-order valence-electron chi connectivity index (χ0n) is 18.1. The number of carbonyl (C=O) groups is 1. The number of aliphatic hydroxyl groups is 3. The number of hydrogen-bond donors (Lipinski definition) is 3. The predicted octanol–water partition coefficient (Wildman–Crippen LogP) is 1.59. The van der Waals surface area contributed by atoms with Gasteiger partial charge in [0.25, 0.3) is 0 Å². The number of rotatable bonds is 4. The van der Waals surface area contributed by atoms with Crippen LogP contribution in [0.3, 0.4) is 0 Å². The molecule has 2 aliphatic rings. The first-order valence-corrected chi connectivity index (χ1v) is 10.5.